The number of rotatable bonds is 2. The fraction of sp³-hybridized carbons (Fsp3) is 0.292. The van der Waals surface area contributed by atoms with Crippen LogP contribution in [-0.4, -0.2) is 6.41 Å². The molecule has 0 bridgehead atoms. The molecule has 0 aliphatic heterocycles. The van der Waals surface area contributed by atoms with E-state index in [1.807, 2.05) is 0 Å². The Morgan fingerprint density at radius 2 is 0.769 bits per heavy atom. The van der Waals surface area contributed by atoms with E-state index in [9.17, 15) is 0 Å². The first kappa shape index (κ1) is 44.3. The minimum Gasteiger partial charge on any atom is -1.00 e. The van der Waals surface area contributed by atoms with E-state index in [0.717, 1.165) is 25.7 Å². The summed E-state index contributed by atoms with van der Waals surface area (Å²) in [4.78, 5) is 0. The molecule has 0 aromatic heterocycles. The van der Waals surface area contributed by atoms with Crippen molar-refractivity contribution in [2.45, 2.75) is 94.9 Å². The standard InChI is InChI=1S/2C21H19.2C3H6.2ClH.2Zr/c2*1-13-10-21(15(3)14(13)2)17-8-9-20-18(12-17)11-16-6-4-5-7-19(16)20;2*1-3-2;;;;/h2*4-9H,10-11H2,1-3H3;2*1-2H3;2*1H;;/q2*-1;;;;;;/p-2. The van der Waals surface area contributed by atoms with Crippen LogP contribution in [-0.2, 0) is 61.3 Å². The van der Waals surface area contributed by atoms with E-state index in [4.69, 9.17) is 0 Å². The predicted molar refractivity (Wildman–Crippen MR) is 211 cm³/mol. The van der Waals surface area contributed by atoms with Crippen molar-refractivity contribution in [1.29, 1.82) is 0 Å². The van der Waals surface area contributed by atoms with Crippen molar-refractivity contribution in [2.75, 3.05) is 0 Å². The van der Waals surface area contributed by atoms with Crippen molar-refractivity contribution in [1.82, 2.24) is 0 Å². The third-order valence-electron chi connectivity index (χ3n) is 10.2. The van der Waals surface area contributed by atoms with Crippen LogP contribution in [0.5, 0.6) is 0 Å². The van der Waals surface area contributed by atoms with Crippen LogP contribution in [0.1, 0.15) is 115 Å². The van der Waals surface area contributed by atoms with E-state index >= 15 is 0 Å². The number of benzene rings is 4. The summed E-state index contributed by atoms with van der Waals surface area (Å²) in [6, 6.07) is 33.9. The average molecular weight is 880 g/mol. The molecule has 8 rings (SSSR count). The minimum absolute atomic E-state index is 0. The third-order valence-corrected chi connectivity index (χ3v) is 10.2. The minimum atomic E-state index is 0. The second kappa shape index (κ2) is 19.5. The molecule has 0 atom stereocenters. The molecule has 0 heterocycles. The van der Waals surface area contributed by atoms with Crippen LogP contribution < -0.4 is 24.8 Å². The molecular formula is C48H50Cl2Zr2-4. The molecule has 4 aliphatic rings. The summed E-state index contributed by atoms with van der Waals surface area (Å²) >= 11 is 3.11. The van der Waals surface area contributed by atoms with Gasteiger partial charge in [-0.15, -0.1) is 69.8 Å². The fourth-order valence-corrected chi connectivity index (χ4v) is 7.22. The first-order valence-electron chi connectivity index (χ1n) is 17.8. The molecule has 52 heavy (non-hydrogen) atoms. The SMILES string of the molecule is CC1=C(C)C(C)=C(c2[c-]c3c(cc2)-c2ccccc2C3)C1.CC1=C(C)C(C)=C(c2[c-]c3c(cc2)-c2ccccc2C3)C1.C[C](C)=[Zr].C[C](C)=[Zr].[Cl-].[Cl-]. The van der Waals surface area contributed by atoms with Crippen LogP contribution >= 0.6 is 0 Å². The Balaban J connectivity index is 0.000000226. The summed E-state index contributed by atoms with van der Waals surface area (Å²) in [5.41, 5.74) is 25.4. The van der Waals surface area contributed by atoms with E-state index in [-0.39, 0.29) is 24.8 Å². The molecule has 0 radical (unpaired) electrons. The second-order valence-corrected chi connectivity index (χ2v) is 19.5. The molecule has 0 nitrogen and oxygen atoms in total. The van der Waals surface area contributed by atoms with Gasteiger partial charge in [0.1, 0.15) is 0 Å². The average Bonchev–Trinajstić information content (AvgIpc) is 3.78. The van der Waals surface area contributed by atoms with Crippen LogP contribution in [0.15, 0.2) is 106 Å². The van der Waals surface area contributed by atoms with Crippen LogP contribution in [0, 0.1) is 12.1 Å². The maximum absolute atomic E-state index is 3.70. The predicted octanol–water partition coefficient (Wildman–Crippen LogP) is 6.64. The van der Waals surface area contributed by atoms with E-state index in [1.165, 1.54) is 107 Å². The molecule has 0 spiro atoms. The van der Waals surface area contributed by atoms with E-state index in [1.54, 1.807) is 48.5 Å². The molecular weight excluding hydrogens is 830 g/mol. The topological polar surface area (TPSA) is 0 Å². The van der Waals surface area contributed by atoms with Gasteiger partial charge in [0.05, 0.1) is 0 Å². The van der Waals surface area contributed by atoms with Crippen molar-refractivity contribution in [3.63, 3.8) is 0 Å². The smallest absolute Gasteiger partial charge is 1.00 e. The molecule has 0 saturated carbocycles. The summed E-state index contributed by atoms with van der Waals surface area (Å²) in [5.74, 6) is 0. The van der Waals surface area contributed by atoms with E-state index in [2.05, 4.69) is 154 Å². The zero-order chi connectivity index (χ0) is 36.3. The summed E-state index contributed by atoms with van der Waals surface area (Å²) in [7, 11) is 0. The van der Waals surface area contributed by atoms with E-state index < -0.39 is 0 Å². The molecule has 0 saturated heterocycles. The molecule has 0 amide bonds. The molecule has 0 fully saturated rings. The number of allylic oxidation sites excluding steroid dienone is 8. The molecule has 4 aromatic carbocycles. The maximum atomic E-state index is 3.70. The van der Waals surface area contributed by atoms with Gasteiger partial charge < -0.3 is 24.8 Å². The summed E-state index contributed by atoms with van der Waals surface area (Å²) in [6.07, 6.45) is 4.22. The fourth-order valence-electron chi connectivity index (χ4n) is 7.22. The van der Waals surface area contributed by atoms with E-state index in [0.29, 0.717) is 0 Å². The molecule has 268 valence electrons. The molecule has 0 N–H and O–H groups in total. The Bertz CT molecular complexity index is 1980. The monoisotopic (exact) mass is 876 g/mol. The van der Waals surface area contributed by atoms with Gasteiger partial charge in [0.2, 0.25) is 0 Å². The van der Waals surface area contributed by atoms with Gasteiger partial charge in [0.25, 0.3) is 0 Å². The van der Waals surface area contributed by atoms with Crippen molar-refractivity contribution >= 4 is 17.6 Å². The number of fused-ring (bicyclic) bond motifs is 6. The Morgan fingerprint density at radius 1 is 0.442 bits per heavy atom. The zero-order valence-corrected chi connectivity index (χ0v) is 38.9. The Kier molecular flexibility index (Phi) is 16.6. The Hall–Kier alpha value is -2.07. The number of halogens is 2. The summed E-state index contributed by atoms with van der Waals surface area (Å²) < 4.78 is 3.01. The molecule has 4 aromatic rings. The van der Waals surface area contributed by atoms with Crippen LogP contribution in [0.25, 0.3) is 33.4 Å². The number of hydrogen-bond acceptors (Lipinski definition) is 0. The van der Waals surface area contributed by atoms with Gasteiger partial charge in [-0.2, -0.15) is 0 Å². The van der Waals surface area contributed by atoms with Gasteiger partial charge >= 0.3 is 82.6 Å². The van der Waals surface area contributed by atoms with Crippen LogP contribution in [0.3, 0.4) is 0 Å². The second-order valence-electron chi connectivity index (χ2n) is 14.6. The summed E-state index contributed by atoms with van der Waals surface area (Å²) in [6.45, 7) is 22.0. The Labute approximate surface area is 356 Å². The van der Waals surface area contributed by atoms with Gasteiger partial charge in [0, 0.05) is 0 Å². The van der Waals surface area contributed by atoms with Crippen molar-refractivity contribution in [3.05, 3.63) is 152 Å². The largest absolute Gasteiger partial charge is 1.00 e. The van der Waals surface area contributed by atoms with Gasteiger partial charge in [-0.25, -0.2) is 0 Å². The molecule has 4 heteroatoms. The van der Waals surface area contributed by atoms with Crippen molar-refractivity contribution < 1.29 is 73.3 Å². The number of hydrogen-bond donors (Lipinski definition) is 0. The summed E-state index contributed by atoms with van der Waals surface area (Å²) in [5, 5.41) is 0. The van der Waals surface area contributed by atoms with Crippen LogP contribution in [0.2, 0.25) is 0 Å². The first-order valence-corrected chi connectivity index (χ1v) is 20.3. The Morgan fingerprint density at radius 3 is 1.08 bits per heavy atom. The van der Waals surface area contributed by atoms with Crippen molar-refractivity contribution in [3.8, 4) is 22.3 Å². The molecule has 4 aliphatic carbocycles. The van der Waals surface area contributed by atoms with Gasteiger partial charge in [0.15, 0.2) is 0 Å². The molecule has 0 unspecified atom stereocenters. The normalized spacial score (nSPS) is 14.3. The van der Waals surface area contributed by atoms with Gasteiger partial charge in [-0.05, 0) is 78.4 Å². The van der Waals surface area contributed by atoms with Gasteiger partial charge in [-0.1, -0.05) is 104 Å². The quantitative estimate of drug-likeness (QED) is 0.171. The van der Waals surface area contributed by atoms with Crippen molar-refractivity contribution in [2.24, 2.45) is 0 Å². The van der Waals surface area contributed by atoms with Crippen LogP contribution in [0.4, 0.5) is 0 Å². The zero-order valence-electron chi connectivity index (χ0n) is 32.5. The maximum Gasteiger partial charge on any atom is -1.00 e. The first-order chi connectivity index (χ1) is 23.8. The van der Waals surface area contributed by atoms with Gasteiger partial charge in [-0.3, -0.25) is 0 Å². The third kappa shape index (κ3) is 10.2.